The quantitative estimate of drug-likeness (QED) is 0.740. The first kappa shape index (κ1) is 11.6. The van der Waals surface area contributed by atoms with Gasteiger partial charge in [0.05, 0.1) is 5.02 Å². The summed E-state index contributed by atoms with van der Waals surface area (Å²) >= 11 is 5.43. The third kappa shape index (κ3) is 3.02. The maximum absolute atomic E-state index is 11.8. The lowest BCUT2D eigenvalue weighted by molar-refractivity contribution is -0.167. The van der Waals surface area contributed by atoms with E-state index in [2.05, 4.69) is 0 Å². The highest BCUT2D eigenvalue weighted by atomic mass is 35.5. The number of hydrogen-bond acceptors (Lipinski definition) is 2. The molecular weight excluding hydrogens is 235 g/mol. The first-order valence-corrected chi connectivity index (χ1v) is 4.05. The molecule has 0 aliphatic rings. The van der Waals surface area contributed by atoms with Crippen LogP contribution >= 0.6 is 11.6 Å². The van der Waals surface area contributed by atoms with Crippen molar-refractivity contribution < 1.29 is 23.1 Å². The lowest BCUT2D eigenvalue weighted by Crippen LogP contribution is -2.29. The number of alkyl halides is 3. The van der Waals surface area contributed by atoms with Crippen LogP contribution in [0.5, 0.6) is 5.75 Å². The van der Waals surface area contributed by atoms with E-state index in [1.165, 1.54) is 0 Å². The van der Waals surface area contributed by atoms with E-state index in [-0.39, 0.29) is 16.5 Å². The van der Waals surface area contributed by atoms with E-state index in [0.29, 0.717) is 0 Å². The summed E-state index contributed by atoms with van der Waals surface area (Å²) in [5, 5.41) is 10.4. The van der Waals surface area contributed by atoms with E-state index in [9.17, 15) is 18.0 Å². The summed E-state index contributed by atoms with van der Waals surface area (Å²) in [6.45, 7) is 0. The molecule has 0 bridgehead atoms. The predicted octanol–water partition coefficient (Wildman–Crippen LogP) is 2.55. The molecule has 0 aliphatic carbocycles. The van der Waals surface area contributed by atoms with E-state index >= 15 is 0 Å². The number of carbonyl (C=O) groups is 1. The third-order valence-corrected chi connectivity index (χ3v) is 1.77. The number of amides is 1. The molecule has 2 N–H and O–H groups in total. The lowest BCUT2D eigenvalue weighted by atomic mass is 10.3. The van der Waals surface area contributed by atoms with Crippen molar-refractivity contribution in [1.82, 2.24) is 0 Å². The zero-order chi connectivity index (χ0) is 11.6. The molecule has 1 aromatic rings. The van der Waals surface area contributed by atoms with Crippen molar-refractivity contribution in [2.45, 2.75) is 6.18 Å². The Kier molecular flexibility index (Phi) is 3.09. The molecule has 3 nitrogen and oxygen atoms in total. The second kappa shape index (κ2) is 3.98. The highest BCUT2D eigenvalue weighted by Gasteiger charge is 2.38. The maximum atomic E-state index is 11.8. The lowest BCUT2D eigenvalue weighted by Gasteiger charge is -2.08. The summed E-state index contributed by atoms with van der Waals surface area (Å²) in [4.78, 5) is 10.5. The number of benzene rings is 1. The van der Waals surface area contributed by atoms with Crippen LogP contribution in [0.2, 0.25) is 5.02 Å². The standard InChI is InChI=1S/C8H5ClF3NO2/c9-5-3-4(1-2-6(5)14)13-7(15)8(10,11)12/h1-3,14H,(H,13,15). The Hall–Kier alpha value is -1.43. The molecule has 0 saturated carbocycles. The second-order valence-electron chi connectivity index (χ2n) is 2.62. The summed E-state index contributed by atoms with van der Waals surface area (Å²) < 4.78 is 35.5. The molecule has 82 valence electrons. The van der Waals surface area contributed by atoms with Gasteiger partial charge in [-0.25, -0.2) is 0 Å². The summed E-state index contributed by atoms with van der Waals surface area (Å²) in [5.74, 6) is -2.37. The maximum Gasteiger partial charge on any atom is 0.471 e. The van der Waals surface area contributed by atoms with Gasteiger partial charge in [-0.1, -0.05) is 11.6 Å². The second-order valence-corrected chi connectivity index (χ2v) is 3.03. The molecule has 0 aliphatic heterocycles. The van der Waals surface area contributed by atoms with Crippen molar-refractivity contribution >= 4 is 23.2 Å². The van der Waals surface area contributed by atoms with Crippen molar-refractivity contribution in [3.8, 4) is 5.75 Å². The zero-order valence-corrected chi connectivity index (χ0v) is 7.86. The van der Waals surface area contributed by atoms with Crippen molar-refractivity contribution in [2.24, 2.45) is 0 Å². The van der Waals surface area contributed by atoms with Crippen LogP contribution in [0.1, 0.15) is 0 Å². The summed E-state index contributed by atoms with van der Waals surface area (Å²) in [6.07, 6.45) is -4.95. The minimum absolute atomic E-state index is 0.139. The number of nitrogens with one attached hydrogen (secondary N) is 1. The third-order valence-electron chi connectivity index (χ3n) is 1.46. The van der Waals surface area contributed by atoms with Gasteiger partial charge < -0.3 is 10.4 Å². The highest BCUT2D eigenvalue weighted by molar-refractivity contribution is 6.32. The largest absolute Gasteiger partial charge is 0.506 e. The van der Waals surface area contributed by atoms with Crippen molar-refractivity contribution in [1.29, 1.82) is 0 Å². The van der Waals surface area contributed by atoms with Gasteiger partial charge >= 0.3 is 12.1 Å². The fourth-order valence-corrected chi connectivity index (χ4v) is 0.967. The van der Waals surface area contributed by atoms with Crippen LogP contribution in [-0.4, -0.2) is 17.2 Å². The molecule has 0 radical (unpaired) electrons. The van der Waals surface area contributed by atoms with Gasteiger partial charge in [0, 0.05) is 5.69 Å². The fraction of sp³-hybridized carbons (Fsp3) is 0.125. The van der Waals surface area contributed by atoms with E-state index in [1.54, 1.807) is 5.32 Å². The fourth-order valence-electron chi connectivity index (χ4n) is 0.787. The molecule has 15 heavy (non-hydrogen) atoms. The predicted molar refractivity (Wildman–Crippen MR) is 47.8 cm³/mol. The van der Waals surface area contributed by atoms with Crippen LogP contribution in [0.15, 0.2) is 18.2 Å². The zero-order valence-electron chi connectivity index (χ0n) is 7.10. The molecule has 0 saturated heterocycles. The Balaban J connectivity index is 2.83. The SMILES string of the molecule is O=C(Nc1ccc(O)c(Cl)c1)C(F)(F)F. The van der Waals surface area contributed by atoms with Gasteiger partial charge in [0.15, 0.2) is 0 Å². The number of anilines is 1. The van der Waals surface area contributed by atoms with Gasteiger partial charge in [-0.2, -0.15) is 13.2 Å². The smallest absolute Gasteiger partial charge is 0.471 e. The van der Waals surface area contributed by atoms with Crippen LogP contribution in [0.4, 0.5) is 18.9 Å². The Morgan fingerprint density at radius 1 is 1.40 bits per heavy atom. The Morgan fingerprint density at radius 2 is 2.00 bits per heavy atom. The monoisotopic (exact) mass is 239 g/mol. The number of phenolic OH excluding ortho intramolecular Hbond substituents is 1. The van der Waals surface area contributed by atoms with Crippen LogP contribution in [0, 0.1) is 0 Å². The minimum atomic E-state index is -4.95. The number of aromatic hydroxyl groups is 1. The van der Waals surface area contributed by atoms with Crippen LogP contribution in [0.25, 0.3) is 0 Å². The molecule has 0 aromatic heterocycles. The van der Waals surface area contributed by atoms with Gasteiger partial charge in [-0.3, -0.25) is 4.79 Å². The van der Waals surface area contributed by atoms with Gasteiger partial charge in [0.2, 0.25) is 0 Å². The normalized spacial score (nSPS) is 11.2. The van der Waals surface area contributed by atoms with E-state index in [0.717, 1.165) is 18.2 Å². The average molecular weight is 240 g/mol. The molecule has 0 heterocycles. The molecule has 0 unspecified atom stereocenters. The number of phenols is 1. The van der Waals surface area contributed by atoms with Crippen LogP contribution < -0.4 is 5.32 Å². The average Bonchev–Trinajstić information content (AvgIpc) is 2.10. The van der Waals surface area contributed by atoms with Gasteiger partial charge in [0.25, 0.3) is 0 Å². The summed E-state index contributed by atoms with van der Waals surface area (Å²) in [5.41, 5.74) is -0.139. The molecule has 1 amide bonds. The van der Waals surface area contributed by atoms with Gasteiger partial charge in [0.1, 0.15) is 5.75 Å². The Morgan fingerprint density at radius 3 is 2.47 bits per heavy atom. The molecule has 7 heteroatoms. The summed E-state index contributed by atoms with van der Waals surface area (Å²) in [7, 11) is 0. The first-order chi connectivity index (χ1) is 6.80. The topological polar surface area (TPSA) is 49.3 Å². The Bertz CT molecular complexity index is 392. The minimum Gasteiger partial charge on any atom is -0.506 e. The van der Waals surface area contributed by atoms with E-state index in [4.69, 9.17) is 16.7 Å². The Labute approximate surface area is 87.5 Å². The number of hydrogen-bond donors (Lipinski definition) is 2. The molecule has 1 aromatic carbocycles. The number of halogens is 4. The molecular formula is C8H5ClF3NO2. The van der Waals surface area contributed by atoms with Crippen LogP contribution in [-0.2, 0) is 4.79 Å². The highest BCUT2D eigenvalue weighted by Crippen LogP contribution is 2.27. The number of rotatable bonds is 1. The summed E-state index contributed by atoms with van der Waals surface area (Å²) in [6, 6.07) is 3.19. The molecule has 0 atom stereocenters. The van der Waals surface area contributed by atoms with Crippen molar-refractivity contribution in [3.05, 3.63) is 23.2 Å². The van der Waals surface area contributed by atoms with Crippen LogP contribution in [0.3, 0.4) is 0 Å². The van der Waals surface area contributed by atoms with Crippen molar-refractivity contribution in [2.75, 3.05) is 5.32 Å². The molecule has 0 spiro atoms. The molecule has 1 rings (SSSR count). The van der Waals surface area contributed by atoms with Gasteiger partial charge in [-0.15, -0.1) is 0 Å². The first-order valence-electron chi connectivity index (χ1n) is 3.67. The van der Waals surface area contributed by atoms with Crippen molar-refractivity contribution in [3.63, 3.8) is 0 Å². The van der Waals surface area contributed by atoms with E-state index < -0.39 is 12.1 Å². The number of carbonyl (C=O) groups excluding carboxylic acids is 1. The molecule has 0 fully saturated rings. The van der Waals surface area contributed by atoms with E-state index in [1.807, 2.05) is 0 Å². The van der Waals surface area contributed by atoms with Gasteiger partial charge in [-0.05, 0) is 18.2 Å².